The van der Waals surface area contributed by atoms with Gasteiger partial charge in [-0.3, -0.25) is 0 Å². The fraction of sp³-hybridized carbons (Fsp3) is 0.692. The largest absolute Gasteiger partial charge is 0.412 e. The van der Waals surface area contributed by atoms with Crippen LogP contribution < -0.4 is 0 Å². The molecule has 0 aliphatic carbocycles. The monoisotopic (exact) mass is 256 g/mol. The van der Waals surface area contributed by atoms with Crippen molar-refractivity contribution in [3.05, 3.63) is 21.9 Å². The minimum Gasteiger partial charge on any atom is -0.412 e. The summed E-state index contributed by atoms with van der Waals surface area (Å²) < 4.78 is 6.19. The van der Waals surface area contributed by atoms with Gasteiger partial charge in [0.15, 0.2) is 8.32 Å². The number of rotatable bonds is 4. The molecule has 0 bridgehead atoms. The van der Waals surface area contributed by atoms with E-state index < -0.39 is 8.32 Å². The molecule has 0 aliphatic heterocycles. The Morgan fingerprint density at radius 1 is 1.31 bits per heavy atom. The maximum Gasteiger partial charge on any atom is 0.192 e. The average molecular weight is 256 g/mol. The van der Waals surface area contributed by atoms with Gasteiger partial charge in [0.25, 0.3) is 0 Å². The molecule has 0 spiro atoms. The molecule has 0 radical (unpaired) electrons. The van der Waals surface area contributed by atoms with Gasteiger partial charge in [-0.15, -0.1) is 11.3 Å². The van der Waals surface area contributed by atoms with Crippen LogP contribution in [0.5, 0.6) is 0 Å². The second-order valence-corrected chi connectivity index (χ2v) is 11.6. The van der Waals surface area contributed by atoms with Gasteiger partial charge in [-0.1, -0.05) is 27.7 Å². The summed E-state index contributed by atoms with van der Waals surface area (Å²) in [5.74, 6) is 0. The number of hydrogen-bond donors (Lipinski definition) is 0. The summed E-state index contributed by atoms with van der Waals surface area (Å²) in [6, 6.07) is 2.28. The molecule has 1 aromatic heterocycles. The Labute approximate surface area is 105 Å². The van der Waals surface area contributed by atoms with Gasteiger partial charge in [0.2, 0.25) is 0 Å². The van der Waals surface area contributed by atoms with Crippen molar-refractivity contribution in [1.82, 2.24) is 0 Å². The highest BCUT2D eigenvalue weighted by molar-refractivity contribution is 7.10. The minimum atomic E-state index is -1.58. The van der Waals surface area contributed by atoms with E-state index in [0.29, 0.717) is 5.04 Å². The Bertz CT molecular complexity index is 336. The normalized spacial score (nSPS) is 13.1. The zero-order chi connectivity index (χ0) is 12.4. The molecular formula is C13H24OSSi. The van der Waals surface area contributed by atoms with E-state index >= 15 is 0 Å². The van der Waals surface area contributed by atoms with Crippen LogP contribution in [0.4, 0.5) is 0 Å². The molecule has 0 saturated carbocycles. The molecule has 92 valence electrons. The van der Waals surface area contributed by atoms with Gasteiger partial charge >= 0.3 is 0 Å². The van der Waals surface area contributed by atoms with Crippen LogP contribution in [0.2, 0.25) is 18.1 Å². The summed E-state index contributed by atoms with van der Waals surface area (Å²) in [5, 5.41) is 2.54. The summed E-state index contributed by atoms with van der Waals surface area (Å²) in [6.45, 7) is 14.5. The first-order valence-electron chi connectivity index (χ1n) is 5.96. The summed E-state index contributed by atoms with van der Waals surface area (Å²) in [6.07, 6.45) is 1.12. The topological polar surface area (TPSA) is 9.23 Å². The van der Waals surface area contributed by atoms with E-state index in [9.17, 15) is 0 Å². The predicted molar refractivity (Wildman–Crippen MR) is 75.7 cm³/mol. The van der Waals surface area contributed by atoms with Gasteiger partial charge in [0.1, 0.15) is 0 Å². The fourth-order valence-electron chi connectivity index (χ4n) is 1.16. The van der Waals surface area contributed by atoms with Crippen LogP contribution in [0, 0.1) is 0 Å². The second-order valence-electron chi connectivity index (χ2n) is 5.82. The first-order chi connectivity index (χ1) is 7.26. The summed E-state index contributed by atoms with van der Waals surface area (Å²) in [5.41, 5.74) is 1.43. The van der Waals surface area contributed by atoms with E-state index in [0.717, 1.165) is 13.0 Å². The van der Waals surface area contributed by atoms with Crippen LogP contribution >= 0.6 is 11.3 Å². The van der Waals surface area contributed by atoms with Crippen molar-refractivity contribution >= 4 is 19.7 Å². The molecular weight excluding hydrogens is 232 g/mol. The van der Waals surface area contributed by atoms with Gasteiger partial charge < -0.3 is 4.43 Å². The van der Waals surface area contributed by atoms with Gasteiger partial charge in [0, 0.05) is 4.88 Å². The third kappa shape index (κ3) is 3.44. The molecule has 1 nitrogen and oxygen atoms in total. The number of hydrogen-bond acceptors (Lipinski definition) is 2. The maximum absolute atomic E-state index is 6.19. The lowest BCUT2D eigenvalue weighted by Gasteiger charge is -2.36. The lowest BCUT2D eigenvalue weighted by Crippen LogP contribution is -2.40. The van der Waals surface area contributed by atoms with E-state index in [1.807, 2.05) is 11.3 Å². The smallest absolute Gasteiger partial charge is 0.192 e. The van der Waals surface area contributed by atoms with Crippen LogP contribution in [0.25, 0.3) is 0 Å². The Balaban J connectivity index is 2.57. The van der Waals surface area contributed by atoms with Crippen LogP contribution in [-0.4, -0.2) is 8.32 Å². The van der Waals surface area contributed by atoms with E-state index in [1.165, 1.54) is 10.4 Å². The summed E-state index contributed by atoms with van der Waals surface area (Å²) in [4.78, 5) is 1.36. The van der Waals surface area contributed by atoms with Crippen molar-refractivity contribution in [2.24, 2.45) is 0 Å². The molecule has 0 unspecified atom stereocenters. The molecule has 0 N–H and O–H groups in total. The molecule has 3 heteroatoms. The minimum absolute atomic E-state index is 0.303. The molecule has 1 aromatic rings. The van der Waals surface area contributed by atoms with Crippen molar-refractivity contribution in [3.8, 4) is 0 Å². The van der Waals surface area contributed by atoms with E-state index in [4.69, 9.17) is 4.43 Å². The van der Waals surface area contributed by atoms with Crippen LogP contribution in [0.3, 0.4) is 0 Å². The number of aryl methyl sites for hydroxylation is 1. The van der Waals surface area contributed by atoms with Crippen LogP contribution in [0.1, 0.15) is 38.1 Å². The standard InChI is InChI=1S/C13H24OSSi/c1-7-11-8-12(15-10-11)9-14-16(5,6)13(2,3)4/h8,10H,7,9H2,1-6H3. The van der Waals surface area contributed by atoms with Gasteiger partial charge in [0.05, 0.1) is 6.61 Å². The third-order valence-electron chi connectivity index (χ3n) is 3.50. The zero-order valence-corrected chi connectivity index (χ0v) is 13.2. The van der Waals surface area contributed by atoms with Crippen molar-refractivity contribution in [1.29, 1.82) is 0 Å². The fourth-order valence-corrected chi connectivity index (χ4v) is 3.09. The lowest BCUT2D eigenvalue weighted by atomic mass is 10.2. The Morgan fingerprint density at radius 3 is 2.38 bits per heavy atom. The molecule has 0 aliphatic rings. The highest BCUT2D eigenvalue weighted by Gasteiger charge is 2.37. The molecule has 0 saturated heterocycles. The van der Waals surface area contributed by atoms with E-state index in [1.54, 1.807) is 0 Å². The molecule has 0 aromatic carbocycles. The molecule has 0 amide bonds. The van der Waals surface area contributed by atoms with Gasteiger partial charge in [-0.25, -0.2) is 0 Å². The molecule has 0 atom stereocenters. The van der Waals surface area contributed by atoms with Crippen LogP contribution in [0.15, 0.2) is 11.4 Å². The average Bonchev–Trinajstić information content (AvgIpc) is 2.60. The van der Waals surface area contributed by atoms with E-state index in [-0.39, 0.29) is 0 Å². The van der Waals surface area contributed by atoms with E-state index in [2.05, 4.69) is 52.2 Å². The molecule has 1 heterocycles. The van der Waals surface area contributed by atoms with Crippen molar-refractivity contribution < 1.29 is 4.43 Å². The SMILES string of the molecule is CCc1csc(CO[Si](C)(C)C(C)(C)C)c1. The zero-order valence-electron chi connectivity index (χ0n) is 11.4. The molecule has 16 heavy (non-hydrogen) atoms. The van der Waals surface area contributed by atoms with Crippen molar-refractivity contribution in [3.63, 3.8) is 0 Å². The van der Waals surface area contributed by atoms with Gasteiger partial charge in [-0.2, -0.15) is 0 Å². The quantitative estimate of drug-likeness (QED) is 0.701. The first kappa shape index (κ1) is 13.9. The lowest BCUT2D eigenvalue weighted by molar-refractivity contribution is 0.279. The second kappa shape index (κ2) is 5.03. The Kier molecular flexibility index (Phi) is 4.38. The molecule has 0 fully saturated rings. The Hall–Kier alpha value is -0.123. The molecule has 1 rings (SSSR count). The van der Waals surface area contributed by atoms with Crippen LogP contribution in [-0.2, 0) is 17.5 Å². The first-order valence-corrected chi connectivity index (χ1v) is 9.75. The summed E-state index contributed by atoms with van der Waals surface area (Å²) >= 11 is 1.82. The highest BCUT2D eigenvalue weighted by atomic mass is 32.1. The third-order valence-corrected chi connectivity index (χ3v) is 8.94. The highest BCUT2D eigenvalue weighted by Crippen LogP contribution is 2.37. The maximum atomic E-state index is 6.19. The summed E-state index contributed by atoms with van der Waals surface area (Å²) in [7, 11) is -1.58. The Morgan fingerprint density at radius 2 is 1.94 bits per heavy atom. The predicted octanol–water partition coefficient (Wildman–Crippen LogP) is 4.83. The van der Waals surface area contributed by atoms with Crippen molar-refractivity contribution in [2.45, 2.75) is 58.9 Å². The number of thiophene rings is 1. The van der Waals surface area contributed by atoms with Crippen molar-refractivity contribution in [2.75, 3.05) is 0 Å². The van der Waals surface area contributed by atoms with Gasteiger partial charge in [-0.05, 0) is 41.6 Å².